The number of piperidine rings is 1. The lowest BCUT2D eigenvalue weighted by Crippen LogP contribution is -2.55. The van der Waals surface area contributed by atoms with Crippen molar-refractivity contribution in [2.75, 3.05) is 23.7 Å². The Labute approximate surface area is 173 Å². The highest BCUT2D eigenvalue weighted by Crippen LogP contribution is 2.24. The quantitative estimate of drug-likeness (QED) is 0.734. The predicted molar refractivity (Wildman–Crippen MR) is 116 cm³/mol. The van der Waals surface area contributed by atoms with Gasteiger partial charge >= 0.3 is 0 Å². The highest BCUT2D eigenvalue weighted by Gasteiger charge is 2.34. The zero-order valence-electron chi connectivity index (χ0n) is 18.2. The normalized spacial score (nSPS) is 20.3. The Balaban J connectivity index is 1.96. The lowest BCUT2D eigenvalue weighted by atomic mass is 9.96. The summed E-state index contributed by atoms with van der Waals surface area (Å²) in [4.78, 5) is 40.6. The van der Waals surface area contributed by atoms with Gasteiger partial charge in [0.05, 0.1) is 12.6 Å². The Morgan fingerprint density at radius 1 is 1.07 bits per heavy atom. The first-order valence-corrected chi connectivity index (χ1v) is 10.5. The van der Waals surface area contributed by atoms with E-state index in [4.69, 9.17) is 0 Å². The van der Waals surface area contributed by atoms with Crippen LogP contribution in [0.1, 0.15) is 53.9 Å². The molecule has 3 atom stereocenters. The minimum atomic E-state index is -0.351. The Morgan fingerprint density at radius 2 is 1.59 bits per heavy atom. The van der Waals surface area contributed by atoms with Crippen LogP contribution < -0.4 is 10.6 Å². The maximum Gasteiger partial charge on any atom is 0.240 e. The number of hydrogen-bond donors (Lipinski definition) is 2. The number of hydrogen-bond acceptors (Lipinski definition) is 4. The molecule has 160 valence electrons. The molecule has 1 aliphatic heterocycles. The predicted octanol–water partition coefficient (Wildman–Crippen LogP) is 3.08. The van der Waals surface area contributed by atoms with Crippen molar-refractivity contribution in [1.29, 1.82) is 0 Å². The van der Waals surface area contributed by atoms with E-state index >= 15 is 0 Å². The molecule has 1 aromatic rings. The number of likely N-dealkylation sites (tertiary alicyclic amines) is 1. The molecule has 29 heavy (non-hydrogen) atoms. The van der Waals surface area contributed by atoms with E-state index in [-0.39, 0.29) is 42.4 Å². The van der Waals surface area contributed by atoms with Crippen LogP contribution in [0.2, 0.25) is 0 Å². The van der Waals surface area contributed by atoms with Crippen LogP contribution in [0, 0.1) is 0 Å². The molecule has 2 N–H and O–H groups in total. The van der Waals surface area contributed by atoms with Gasteiger partial charge in [0, 0.05) is 30.4 Å². The molecular weight excluding hydrogens is 368 g/mol. The maximum absolute atomic E-state index is 13.1. The number of anilines is 2. The molecule has 1 aliphatic rings. The van der Waals surface area contributed by atoms with Crippen LogP contribution in [0.3, 0.4) is 0 Å². The number of carbonyl (C=O) groups is 3. The lowest BCUT2D eigenvalue weighted by molar-refractivity contribution is -0.143. The summed E-state index contributed by atoms with van der Waals surface area (Å²) in [5.41, 5.74) is 1.33. The van der Waals surface area contributed by atoms with Crippen molar-refractivity contribution in [3.8, 4) is 0 Å². The zero-order chi connectivity index (χ0) is 21.6. The minimum absolute atomic E-state index is 0.0963. The molecule has 7 nitrogen and oxygen atoms in total. The Hall–Kier alpha value is -2.41. The fourth-order valence-corrected chi connectivity index (χ4v) is 3.98. The molecule has 0 unspecified atom stereocenters. The standard InChI is InChI=1S/C22H34N4O3/c1-6-25(17(4)22(29)26-15(2)8-7-9-16(26)3)14-21(28)24-20-12-10-19(11-13-20)23-18(5)27/h10-13,15-17H,6-9,14H2,1-5H3,(H,23,27)(H,24,28)/t15-,16+,17-/m0/s1. The van der Waals surface area contributed by atoms with Gasteiger partial charge in [0.25, 0.3) is 0 Å². The molecule has 0 bridgehead atoms. The van der Waals surface area contributed by atoms with Gasteiger partial charge in [-0.3, -0.25) is 19.3 Å². The van der Waals surface area contributed by atoms with Gasteiger partial charge in [0.1, 0.15) is 0 Å². The molecule has 0 aliphatic carbocycles. The summed E-state index contributed by atoms with van der Waals surface area (Å²) in [6, 6.07) is 7.08. The number of rotatable bonds is 7. The Kier molecular flexibility index (Phi) is 8.20. The van der Waals surface area contributed by atoms with E-state index in [0.717, 1.165) is 19.3 Å². The Bertz CT molecular complexity index is 709. The molecule has 0 spiro atoms. The van der Waals surface area contributed by atoms with Gasteiger partial charge in [-0.25, -0.2) is 0 Å². The van der Waals surface area contributed by atoms with E-state index in [1.54, 1.807) is 24.3 Å². The maximum atomic E-state index is 13.1. The summed E-state index contributed by atoms with van der Waals surface area (Å²) in [6.07, 6.45) is 3.22. The summed E-state index contributed by atoms with van der Waals surface area (Å²) in [5, 5.41) is 5.55. The van der Waals surface area contributed by atoms with Crippen molar-refractivity contribution < 1.29 is 14.4 Å². The molecule has 3 amide bonds. The first-order chi connectivity index (χ1) is 13.7. The molecular formula is C22H34N4O3. The average Bonchev–Trinajstić information content (AvgIpc) is 2.66. The number of nitrogens with one attached hydrogen (secondary N) is 2. The van der Waals surface area contributed by atoms with Crippen molar-refractivity contribution >= 4 is 29.1 Å². The lowest BCUT2D eigenvalue weighted by Gasteiger charge is -2.42. The summed E-state index contributed by atoms with van der Waals surface area (Å²) in [5.74, 6) is -0.214. The van der Waals surface area contributed by atoms with Gasteiger partial charge in [-0.05, 0) is 70.8 Å². The van der Waals surface area contributed by atoms with E-state index in [1.807, 2.05) is 23.6 Å². The summed E-state index contributed by atoms with van der Waals surface area (Å²) >= 11 is 0. The number of benzene rings is 1. The van der Waals surface area contributed by atoms with Gasteiger partial charge in [0.15, 0.2) is 0 Å². The molecule has 7 heteroatoms. The van der Waals surface area contributed by atoms with Gasteiger partial charge in [-0.15, -0.1) is 0 Å². The van der Waals surface area contributed by atoms with Crippen LogP contribution in [0.25, 0.3) is 0 Å². The second-order valence-electron chi connectivity index (χ2n) is 7.92. The first kappa shape index (κ1) is 22.9. The number of likely N-dealkylation sites (N-methyl/N-ethyl adjacent to an activating group) is 1. The third kappa shape index (κ3) is 6.29. The molecule has 0 radical (unpaired) electrons. The highest BCUT2D eigenvalue weighted by molar-refractivity contribution is 5.93. The Morgan fingerprint density at radius 3 is 2.07 bits per heavy atom. The molecule has 1 heterocycles. The third-order valence-corrected chi connectivity index (χ3v) is 5.60. The van der Waals surface area contributed by atoms with Crippen molar-refractivity contribution in [1.82, 2.24) is 9.80 Å². The molecule has 1 saturated heterocycles. The molecule has 1 fully saturated rings. The van der Waals surface area contributed by atoms with Crippen LogP contribution >= 0.6 is 0 Å². The van der Waals surface area contributed by atoms with Crippen LogP contribution in [0.4, 0.5) is 11.4 Å². The van der Waals surface area contributed by atoms with Crippen LogP contribution in [0.5, 0.6) is 0 Å². The van der Waals surface area contributed by atoms with E-state index < -0.39 is 0 Å². The van der Waals surface area contributed by atoms with Gasteiger partial charge < -0.3 is 15.5 Å². The van der Waals surface area contributed by atoms with E-state index in [9.17, 15) is 14.4 Å². The first-order valence-electron chi connectivity index (χ1n) is 10.5. The zero-order valence-corrected chi connectivity index (χ0v) is 18.2. The van der Waals surface area contributed by atoms with E-state index in [2.05, 4.69) is 24.5 Å². The van der Waals surface area contributed by atoms with Gasteiger partial charge in [0.2, 0.25) is 17.7 Å². The van der Waals surface area contributed by atoms with E-state index in [0.29, 0.717) is 17.9 Å². The monoisotopic (exact) mass is 402 g/mol. The van der Waals surface area contributed by atoms with Crippen molar-refractivity contribution in [2.24, 2.45) is 0 Å². The summed E-state index contributed by atoms with van der Waals surface area (Å²) in [6.45, 7) is 10.3. The van der Waals surface area contributed by atoms with Gasteiger partial charge in [-0.1, -0.05) is 6.92 Å². The minimum Gasteiger partial charge on any atom is -0.336 e. The molecule has 0 aromatic heterocycles. The van der Waals surface area contributed by atoms with E-state index in [1.165, 1.54) is 6.92 Å². The number of amides is 3. The molecule has 2 rings (SSSR count). The van der Waals surface area contributed by atoms with Crippen LogP contribution in [0.15, 0.2) is 24.3 Å². The number of carbonyl (C=O) groups excluding carboxylic acids is 3. The molecule has 1 aromatic carbocycles. The second-order valence-corrected chi connectivity index (χ2v) is 7.92. The average molecular weight is 403 g/mol. The molecule has 0 saturated carbocycles. The SMILES string of the molecule is CCN(CC(=O)Nc1ccc(NC(C)=O)cc1)[C@@H](C)C(=O)N1[C@H](C)CCC[C@@H]1C. The fraction of sp³-hybridized carbons (Fsp3) is 0.591. The van der Waals surface area contributed by atoms with Gasteiger partial charge in [-0.2, -0.15) is 0 Å². The summed E-state index contributed by atoms with van der Waals surface area (Å²) < 4.78 is 0. The summed E-state index contributed by atoms with van der Waals surface area (Å²) in [7, 11) is 0. The van der Waals surface area contributed by atoms with Crippen LogP contribution in [-0.4, -0.2) is 58.7 Å². The largest absolute Gasteiger partial charge is 0.336 e. The van der Waals surface area contributed by atoms with Crippen molar-refractivity contribution in [3.63, 3.8) is 0 Å². The third-order valence-electron chi connectivity index (χ3n) is 5.60. The van der Waals surface area contributed by atoms with Crippen molar-refractivity contribution in [3.05, 3.63) is 24.3 Å². The topological polar surface area (TPSA) is 81.8 Å². The van der Waals surface area contributed by atoms with Crippen LogP contribution in [-0.2, 0) is 14.4 Å². The highest BCUT2D eigenvalue weighted by atomic mass is 16.2. The van der Waals surface area contributed by atoms with Crippen molar-refractivity contribution in [2.45, 2.75) is 72.0 Å². The second kappa shape index (κ2) is 10.4. The smallest absolute Gasteiger partial charge is 0.240 e. The number of nitrogens with zero attached hydrogens (tertiary/aromatic N) is 2. The fourth-order valence-electron chi connectivity index (χ4n) is 3.98.